The zero-order valence-corrected chi connectivity index (χ0v) is 16.4. The van der Waals surface area contributed by atoms with E-state index in [2.05, 4.69) is 19.0 Å². The van der Waals surface area contributed by atoms with E-state index in [9.17, 15) is 9.90 Å². The van der Waals surface area contributed by atoms with Crippen LogP contribution in [0.25, 0.3) is 0 Å². The molecule has 24 heavy (non-hydrogen) atoms. The van der Waals surface area contributed by atoms with Gasteiger partial charge in [-0.25, -0.2) is 0 Å². The fourth-order valence-corrected chi connectivity index (χ4v) is 4.52. The van der Waals surface area contributed by atoms with Gasteiger partial charge in [-0.15, -0.1) is 11.8 Å². The van der Waals surface area contributed by atoms with Gasteiger partial charge >= 0.3 is 0 Å². The minimum absolute atomic E-state index is 0.0333. The summed E-state index contributed by atoms with van der Waals surface area (Å²) in [6, 6.07) is 0. The molecular weight excluding hydrogens is 346 g/mol. The van der Waals surface area contributed by atoms with Gasteiger partial charge in [0.05, 0.1) is 16.0 Å². The van der Waals surface area contributed by atoms with Gasteiger partial charge in [-0.2, -0.15) is 0 Å². The number of aliphatic hydroxyl groups excluding tert-OH is 1. The highest BCUT2D eigenvalue weighted by Gasteiger charge is 2.44. The Morgan fingerprint density at radius 1 is 1.42 bits per heavy atom. The zero-order valence-electron chi connectivity index (χ0n) is 14.8. The largest absolute Gasteiger partial charge is 0.512 e. The number of Topliss-reactive ketones (excluding diaryl/α,β-unsaturated/α-hetero) is 1. The molecule has 6 heteroatoms. The number of nitrogens with zero attached hydrogens (tertiary/aromatic N) is 1. The summed E-state index contributed by atoms with van der Waals surface area (Å²) < 4.78 is -0.614. The maximum Gasteiger partial charge on any atom is 0.164 e. The molecule has 0 amide bonds. The number of halogens is 1. The fourth-order valence-electron chi connectivity index (χ4n) is 3.07. The number of oxime groups is 1. The number of aliphatic hydroxyl groups is 1. The van der Waals surface area contributed by atoms with Crippen LogP contribution in [-0.4, -0.2) is 33.7 Å². The van der Waals surface area contributed by atoms with Gasteiger partial charge in [-0.05, 0) is 31.1 Å². The number of allylic oxidation sites excluding steroid dienone is 1. The highest BCUT2D eigenvalue weighted by Crippen LogP contribution is 2.43. The number of carbonyl (C=O) groups is 1. The lowest BCUT2D eigenvalue weighted by molar-refractivity contribution is -0.116. The Kier molecular flexibility index (Phi) is 9.52. The van der Waals surface area contributed by atoms with Crippen molar-refractivity contribution in [2.75, 3.05) is 12.4 Å². The first-order chi connectivity index (χ1) is 11.6. The second-order valence-corrected chi connectivity index (χ2v) is 7.47. The summed E-state index contributed by atoms with van der Waals surface area (Å²) in [5.74, 6) is 1.08. The fraction of sp³-hybridized carbons (Fsp3) is 0.667. The molecular formula is C18H28ClNO3S. The Balaban J connectivity index is 3.35. The van der Waals surface area contributed by atoms with Crippen molar-refractivity contribution in [3.63, 3.8) is 0 Å². The van der Waals surface area contributed by atoms with Crippen LogP contribution < -0.4 is 0 Å². The molecule has 1 N–H and O–H groups in total. The van der Waals surface area contributed by atoms with E-state index < -0.39 is 4.75 Å². The summed E-state index contributed by atoms with van der Waals surface area (Å²) in [7, 11) is 0. The second-order valence-electron chi connectivity index (χ2n) is 5.66. The predicted molar refractivity (Wildman–Crippen MR) is 103 cm³/mol. The molecule has 1 unspecified atom stereocenters. The van der Waals surface area contributed by atoms with E-state index in [-0.39, 0.29) is 18.1 Å². The number of rotatable bonds is 10. The van der Waals surface area contributed by atoms with Crippen LogP contribution in [0.2, 0.25) is 0 Å². The topological polar surface area (TPSA) is 58.9 Å². The maximum absolute atomic E-state index is 12.6. The summed E-state index contributed by atoms with van der Waals surface area (Å²) in [6.07, 6.45) is 5.71. The highest BCUT2D eigenvalue weighted by molar-refractivity contribution is 8.01. The molecule has 0 aromatic rings. The van der Waals surface area contributed by atoms with Crippen LogP contribution in [0.1, 0.15) is 59.3 Å². The first kappa shape index (κ1) is 21.1. The summed E-state index contributed by atoms with van der Waals surface area (Å²) >= 11 is 7.16. The summed E-state index contributed by atoms with van der Waals surface area (Å²) in [6.45, 7) is 6.45. The monoisotopic (exact) mass is 373 g/mol. The number of carbonyl (C=O) groups excluding carboxylic acids is 1. The third-order valence-corrected chi connectivity index (χ3v) is 5.75. The first-order valence-electron chi connectivity index (χ1n) is 8.61. The smallest absolute Gasteiger partial charge is 0.164 e. The highest BCUT2D eigenvalue weighted by atomic mass is 35.5. The maximum atomic E-state index is 12.6. The number of thioether (sulfide) groups is 1. The second kappa shape index (κ2) is 10.8. The van der Waals surface area contributed by atoms with Crippen LogP contribution in [0.3, 0.4) is 0 Å². The van der Waals surface area contributed by atoms with Crippen molar-refractivity contribution < 1.29 is 14.7 Å². The third kappa shape index (κ3) is 5.03. The van der Waals surface area contributed by atoms with Crippen LogP contribution in [0.15, 0.2) is 28.1 Å². The van der Waals surface area contributed by atoms with E-state index in [0.717, 1.165) is 24.3 Å². The summed E-state index contributed by atoms with van der Waals surface area (Å²) in [4.78, 5) is 18.0. The van der Waals surface area contributed by atoms with Crippen LogP contribution in [-0.2, 0) is 9.63 Å². The van der Waals surface area contributed by atoms with Crippen LogP contribution in [0, 0.1) is 0 Å². The molecule has 1 aliphatic carbocycles. The summed E-state index contributed by atoms with van der Waals surface area (Å²) in [5, 5.41) is 14.8. The quantitative estimate of drug-likeness (QED) is 0.317. The molecule has 0 saturated heterocycles. The van der Waals surface area contributed by atoms with E-state index in [1.54, 1.807) is 17.8 Å². The van der Waals surface area contributed by atoms with Crippen LogP contribution in [0.5, 0.6) is 0 Å². The molecule has 0 aromatic heterocycles. The van der Waals surface area contributed by atoms with Crippen molar-refractivity contribution in [1.29, 1.82) is 0 Å². The molecule has 0 saturated carbocycles. The van der Waals surface area contributed by atoms with Gasteiger partial charge in [-0.1, -0.05) is 43.9 Å². The number of hydrogen-bond donors (Lipinski definition) is 1. The molecule has 1 aliphatic rings. The predicted octanol–water partition coefficient (Wildman–Crippen LogP) is 5.38. The van der Waals surface area contributed by atoms with E-state index in [1.165, 1.54) is 5.54 Å². The molecule has 0 radical (unpaired) electrons. The third-order valence-electron chi connectivity index (χ3n) is 4.06. The van der Waals surface area contributed by atoms with Crippen molar-refractivity contribution in [1.82, 2.24) is 0 Å². The lowest BCUT2D eigenvalue weighted by Gasteiger charge is -2.36. The summed E-state index contributed by atoms with van der Waals surface area (Å²) in [5.41, 5.74) is 2.74. The Labute approximate surface area is 154 Å². The van der Waals surface area contributed by atoms with Gasteiger partial charge in [0.1, 0.15) is 12.4 Å². The molecule has 0 aliphatic heterocycles. The molecule has 4 nitrogen and oxygen atoms in total. The van der Waals surface area contributed by atoms with E-state index in [1.807, 2.05) is 6.92 Å². The van der Waals surface area contributed by atoms with Crippen LogP contribution in [0.4, 0.5) is 0 Å². The Morgan fingerprint density at radius 2 is 2.17 bits per heavy atom. The average Bonchev–Trinajstić information content (AvgIpc) is 2.56. The molecule has 1 rings (SSSR count). The Bertz CT molecular complexity index is 516. The van der Waals surface area contributed by atoms with E-state index in [0.29, 0.717) is 31.3 Å². The lowest BCUT2D eigenvalue weighted by atomic mass is 9.80. The van der Waals surface area contributed by atoms with Gasteiger partial charge in [0.15, 0.2) is 5.78 Å². The molecule has 0 bridgehead atoms. The lowest BCUT2D eigenvalue weighted by Crippen LogP contribution is -2.42. The van der Waals surface area contributed by atoms with Gasteiger partial charge in [0, 0.05) is 18.4 Å². The molecule has 0 fully saturated rings. The van der Waals surface area contributed by atoms with Crippen molar-refractivity contribution in [3.8, 4) is 0 Å². The van der Waals surface area contributed by atoms with Gasteiger partial charge in [0.25, 0.3) is 0 Å². The van der Waals surface area contributed by atoms with Gasteiger partial charge in [-0.3, -0.25) is 4.79 Å². The van der Waals surface area contributed by atoms with Crippen molar-refractivity contribution in [3.05, 3.63) is 22.9 Å². The van der Waals surface area contributed by atoms with Crippen molar-refractivity contribution in [2.24, 2.45) is 5.16 Å². The van der Waals surface area contributed by atoms with Crippen LogP contribution >= 0.6 is 23.4 Å². The zero-order chi connectivity index (χ0) is 18.0. The van der Waals surface area contributed by atoms with E-state index >= 15 is 0 Å². The number of hydrogen-bond acceptors (Lipinski definition) is 5. The van der Waals surface area contributed by atoms with E-state index in [4.69, 9.17) is 16.4 Å². The first-order valence-corrected chi connectivity index (χ1v) is 10.0. The molecule has 0 aromatic carbocycles. The molecule has 136 valence electrons. The van der Waals surface area contributed by atoms with Crippen molar-refractivity contribution >= 4 is 34.9 Å². The minimum Gasteiger partial charge on any atom is -0.512 e. The normalized spacial score (nSPS) is 19.0. The van der Waals surface area contributed by atoms with Crippen molar-refractivity contribution in [2.45, 2.75) is 64.0 Å². The van der Waals surface area contributed by atoms with Gasteiger partial charge in [0.2, 0.25) is 0 Å². The number of ketones is 1. The van der Waals surface area contributed by atoms with Gasteiger partial charge < -0.3 is 9.94 Å². The SMILES string of the molecule is CCC/C(=N\OC/C=C/Cl)C(CC)(SCC)C1=C(O)CCCC1=O. The molecule has 1 atom stereocenters. The Hall–Kier alpha value is -0.940. The average molecular weight is 374 g/mol. The minimum atomic E-state index is -0.614. The standard InChI is InChI=1S/C18H28ClNO3S/c1-4-9-16(20-23-13-8-12-19)18(5-2,24-6-3)17-14(21)10-7-11-15(17)22/h8,12,21H,4-7,9-11,13H2,1-3H3/b12-8+,20-16+. The molecule has 0 spiro atoms. The molecule has 0 heterocycles. The Morgan fingerprint density at radius 3 is 2.71 bits per heavy atom.